The summed E-state index contributed by atoms with van der Waals surface area (Å²) < 4.78 is 26.2. The molecule has 0 aliphatic heterocycles. The molecule has 2 rings (SSSR count). The monoisotopic (exact) mass is 272 g/mol. The van der Waals surface area contributed by atoms with E-state index in [0.29, 0.717) is 0 Å². The van der Waals surface area contributed by atoms with E-state index in [0.717, 1.165) is 19.4 Å². The van der Waals surface area contributed by atoms with Gasteiger partial charge in [0, 0.05) is 14.1 Å². The summed E-state index contributed by atoms with van der Waals surface area (Å²) in [5.41, 5.74) is -1.28. The zero-order chi connectivity index (χ0) is 13.8. The van der Waals surface area contributed by atoms with Gasteiger partial charge in [0.15, 0.2) is 11.2 Å². The van der Waals surface area contributed by atoms with Gasteiger partial charge >= 0.3 is 5.69 Å². The van der Waals surface area contributed by atoms with Gasteiger partial charge in [-0.25, -0.2) is 22.2 Å². The molecule has 0 bridgehead atoms. The van der Waals surface area contributed by atoms with Crippen molar-refractivity contribution < 1.29 is 8.42 Å². The molecule has 0 radical (unpaired) electrons. The van der Waals surface area contributed by atoms with Gasteiger partial charge in [0.25, 0.3) is 5.56 Å². The number of fused-ring (bicyclic) bond motifs is 1. The first-order valence-corrected chi connectivity index (χ1v) is 6.86. The zero-order valence-electron chi connectivity index (χ0n) is 10.3. The van der Waals surface area contributed by atoms with E-state index in [1.54, 1.807) is 0 Å². The summed E-state index contributed by atoms with van der Waals surface area (Å²) in [4.78, 5) is 27.7. The number of rotatable bonds is 1. The fourth-order valence-corrected chi connectivity index (χ4v) is 2.90. The molecule has 8 nitrogen and oxygen atoms in total. The first kappa shape index (κ1) is 12.6. The third-order valence-electron chi connectivity index (χ3n) is 2.71. The van der Waals surface area contributed by atoms with E-state index in [9.17, 15) is 18.0 Å². The van der Waals surface area contributed by atoms with Crippen molar-refractivity contribution >= 4 is 21.2 Å². The Bertz CT molecular complexity index is 869. The topological polar surface area (TPSA) is 96.0 Å². The second-order valence-electron chi connectivity index (χ2n) is 4.06. The zero-order valence-corrected chi connectivity index (χ0v) is 11.1. The van der Waals surface area contributed by atoms with Crippen molar-refractivity contribution in [2.75, 3.05) is 6.26 Å². The van der Waals surface area contributed by atoms with Gasteiger partial charge in [-0.1, -0.05) is 0 Å². The number of hydrogen-bond acceptors (Lipinski definition) is 5. The van der Waals surface area contributed by atoms with Gasteiger partial charge in [0.2, 0.25) is 10.0 Å². The Hall–Kier alpha value is -1.90. The van der Waals surface area contributed by atoms with Crippen molar-refractivity contribution in [3.05, 3.63) is 26.7 Å². The molecule has 18 heavy (non-hydrogen) atoms. The molecule has 2 heterocycles. The molecule has 0 fully saturated rings. The Labute approximate surface area is 102 Å². The Morgan fingerprint density at radius 3 is 2.17 bits per heavy atom. The van der Waals surface area contributed by atoms with Crippen LogP contribution in [0.5, 0.6) is 0 Å². The summed E-state index contributed by atoms with van der Waals surface area (Å²) >= 11 is 0. The van der Waals surface area contributed by atoms with Crippen molar-refractivity contribution in [2.24, 2.45) is 14.1 Å². The minimum absolute atomic E-state index is 0.0611. The molecule has 0 saturated heterocycles. The van der Waals surface area contributed by atoms with Crippen LogP contribution in [0.3, 0.4) is 0 Å². The lowest BCUT2D eigenvalue weighted by molar-refractivity contribution is 0.593. The van der Waals surface area contributed by atoms with Gasteiger partial charge in [0.1, 0.15) is 5.82 Å². The molecule has 0 unspecified atom stereocenters. The molecular weight excluding hydrogens is 260 g/mol. The maximum absolute atomic E-state index is 12.0. The third-order valence-corrected chi connectivity index (χ3v) is 3.82. The van der Waals surface area contributed by atoms with Crippen molar-refractivity contribution in [1.29, 1.82) is 0 Å². The summed E-state index contributed by atoms with van der Waals surface area (Å²) in [7, 11) is -0.936. The van der Waals surface area contributed by atoms with E-state index in [1.807, 2.05) is 0 Å². The number of hydrogen-bond donors (Lipinski definition) is 0. The quantitative estimate of drug-likeness (QED) is 0.633. The number of nitrogens with zero attached hydrogens (tertiary/aromatic N) is 4. The standard InChI is InChI=1S/C9H12N4O4S/c1-5-10-7-6(13(5)18(4,16)17)8(14)12(3)9(15)11(7)2/h1-4H3. The number of aryl methyl sites for hydroxylation is 2. The summed E-state index contributed by atoms with van der Waals surface area (Å²) in [5.74, 6) is 0.144. The summed E-state index contributed by atoms with van der Waals surface area (Å²) in [5, 5.41) is 0. The SMILES string of the molecule is Cc1nc2c(c(=O)n(C)c(=O)n2C)n1S(C)(=O)=O. The van der Waals surface area contributed by atoms with E-state index in [4.69, 9.17) is 0 Å². The van der Waals surface area contributed by atoms with Crippen LogP contribution in [-0.2, 0) is 24.1 Å². The van der Waals surface area contributed by atoms with Crippen LogP contribution >= 0.6 is 0 Å². The Balaban J connectivity index is 3.26. The van der Waals surface area contributed by atoms with Gasteiger partial charge in [-0.3, -0.25) is 13.9 Å². The van der Waals surface area contributed by atoms with Crippen LogP contribution in [0.1, 0.15) is 5.82 Å². The molecule has 0 aromatic carbocycles. The van der Waals surface area contributed by atoms with Crippen molar-refractivity contribution in [1.82, 2.24) is 18.1 Å². The third kappa shape index (κ3) is 1.50. The smallest absolute Gasteiger partial charge is 0.279 e. The lowest BCUT2D eigenvalue weighted by atomic mass is 10.5. The molecule has 0 aliphatic rings. The van der Waals surface area contributed by atoms with Crippen LogP contribution in [0.25, 0.3) is 11.2 Å². The van der Waals surface area contributed by atoms with E-state index < -0.39 is 21.3 Å². The maximum atomic E-state index is 12.0. The normalized spacial score (nSPS) is 12.2. The molecule has 98 valence electrons. The fraction of sp³-hybridized carbons (Fsp3) is 0.444. The van der Waals surface area contributed by atoms with Crippen molar-refractivity contribution in [3.63, 3.8) is 0 Å². The lowest BCUT2D eigenvalue weighted by Gasteiger charge is -2.05. The first-order valence-electron chi connectivity index (χ1n) is 5.02. The number of imidazole rings is 1. The molecule has 0 amide bonds. The second-order valence-corrected chi connectivity index (χ2v) is 5.90. The Morgan fingerprint density at radius 2 is 1.67 bits per heavy atom. The summed E-state index contributed by atoms with van der Waals surface area (Å²) in [6.07, 6.45) is 0.978. The summed E-state index contributed by atoms with van der Waals surface area (Å²) in [6, 6.07) is 0. The molecule has 0 atom stereocenters. The minimum atomic E-state index is -3.66. The predicted octanol–water partition coefficient (Wildman–Crippen LogP) is -1.45. The lowest BCUT2D eigenvalue weighted by Crippen LogP contribution is -2.38. The van der Waals surface area contributed by atoms with Crippen LogP contribution in [-0.4, -0.2) is 32.8 Å². The van der Waals surface area contributed by atoms with Crippen LogP contribution < -0.4 is 11.2 Å². The molecule has 0 spiro atoms. The Kier molecular flexibility index (Phi) is 2.47. The van der Waals surface area contributed by atoms with Crippen molar-refractivity contribution in [2.45, 2.75) is 6.92 Å². The average molecular weight is 272 g/mol. The van der Waals surface area contributed by atoms with Gasteiger partial charge in [0.05, 0.1) is 6.26 Å². The molecule has 2 aromatic heterocycles. The minimum Gasteiger partial charge on any atom is -0.279 e. The van der Waals surface area contributed by atoms with Crippen molar-refractivity contribution in [3.8, 4) is 0 Å². The van der Waals surface area contributed by atoms with Crippen LogP contribution in [0.4, 0.5) is 0 Å². The van der Waals surface area contributed by atoms with Crippen LogP contribution in [0.2, 0.25) is 0 Å². The highest BCUT2D eigenvalue weighted by Crippen LogP contribution is 2.12. The fourth-order valence-electron chi connectivity index (χ4n) is 1.89. The van der Waals surface area contributed by atoms with E-state index in [1.165, 1.54) is 21.0 Å². The molecule has 0 saturated carbocycles. The predicted molar refractivity (Wildman–Crippen MR) is 65.2 cm³/mol. The largest absolute Gasteiger partial charge is 0.332 e. The Morgan fingerprint density at radius 1 is 1.11 bits per heavy atom. The van der Waals surface area contributed by atoms with Gasteiger partial charge < -0.3 is 0 Å². The molecule has 0 N–H and O–H groups in total. The highest BCUT2D eigenvalue weighted by atomic mass is 32.2. The van der Waals surface area contributed by atoms with Crippen LogP contribution in [0, 0.1) is 6.92 Å². The van der Waals surface area contributed by atoms with Gasteiger partial charge in [-0.15, -0.1) is 0 Å². The first-order chi connectivity index (χ1) is 8.16. The second kappa shape index (κ2) is 3.55. The molecule has 2 aromatic rings. The van der Waals surface area contributed by atoms with Gasteiger partial charge in [-0.05, 0) is 6.92 Å². The van der Waals surface area contributed by atoms with Crippen LogP contribution in [0.15, 0.2) is 9.59 Å². The van der Waals surface area contributed by atoms with E-state index in [-0.39, 0.29) is 17.0 Å². The highest BCUT2D eigenvalue weighted by Gasteiger charge is 2.21. The van der Waals surface area contributed by atoms with E-state index >= 15 is 0 Å². The van der Waals surface area contributed by atoms with Gasteiger partial charge in [-0.2, -0.15) is 0 Å². The number of aromatic nitrogens is 4. The average Bonchev–Trinajstić information content (AvgIpc) is 2.61. The molecular formula is C9H12N4O4S. The molecule has 0 aliphatic carbocycles. The molecule has 9 heteroatoms. The summed E-state index contributed by atoms with van der Waals surface area (Å²) in [6.45, 7) is 1.46. The highest BCUT2D eigenvalue weighted by molar-refractivity contribution is 7.89. The maximum Gasteiger partial charge on any atom is 0.332 e. The van der Waals surface area contributed by atoms with E-state index in [2.05, 4.69) is 4.98 Å².